The van der Waals surface area contributed by atoms with Crippen molar-refractivity contribution in [1.29, 1.82) is 0 Å². The summed E-state index contributed by atoms with van der Waals surface area (Å²) in [6.45, 7) is 1.57. The Bertz CT molecular complexity index is 818. The van der Waals surface area contributed by atoms with E-state index in [1.54, 1.807) is 17.8 Å². The zero-order valence-electron chi connectivity index (χ0n) is 12.4. The summed E-state index contributed by atoms with van der Waals surface area (Å²) in [7, 11) is 0. The zero-order chi connectivity index (χ0) is 15.6. The number of rotatable bonds is 3. The maximum absolute atomic E-state index is 13.5. The minimum absolute atomic E-state index is 0.260. The molecule has 116 valence electrons. The highest BCUT2D eigenvalue weighted by Crippen LogP contribution is 2.29. The number of hydrogen-bond acceptors (Lipinski definition) is 4. The van der Waals surface area contributed by atoms with Gasteiger partial charge in [0, 0.05) is 12.1 Å². The predicted molar refractivity (Wildman–Crippen MR) is 88.1 cm³/mol. The number of fused-ring (bicyclic) bond motifs is 1. The summed E-state index contributed by atoms with van der Waals surface area (Å²) < 4.78 is 15.5. The number of halogens is 1. The van der Waals surface area contributed by atoms with Crippen molar-refractivity contribution in [1.82, 2.24) is 19.7 Å². The Kier molecular flexibility index (Phi) is 3.85. The van der Waals surface area contributed by atoms with Gasteiger partial charge in [-0.2, -0.15) is 0 Å². The fourth-order valence-electron chi connectivity index (χ4n) is 2.69. The van der Waals surface area contributed by atoms with E-state index in [1.165, 1.54) is 17.7 Å². The molecule has 0 amide bonds. The summed E-state index contributed by atoms with van der Waals surface area (Å²) in [5.41, 5.74) is 2.03. The second-order valence-electron chi connectivity index (χ2n) is 5.47. The van der Waals surface area contributed by atoms with E-state index in [4.69, 9.17) is 0 Å². The molecule has 0 saturated carbocycles. The van der Waals surface area contributed by atoms with Crippen LogP contribution in [-0.4, -0.2) is 25.5 Å². The van der Waals surface area contributed by atoms with Crippen molar-refractivity contribution in [2.45, 2.75) is 18.4 Å². The number of aromatic nitrogens is 3. The molecule has 0 radical (unpaired) electrons. The van der Waals surface area contributed by atoms with E-state index in [1.807, 2.05) is 16.7 Å². The van der Waals surface area contributed by atoms with E-state index in [2.05, 4.69) is 39.4 Å². The van der Waals surface area contributed by atoms with Crippen LogP contribution < -0.4 is 0 Å². The van der Waals surface area contributed by atoms with Crippen LogP contribution in [0.25, 0.3) is 11.4 Å². The van der Waals surface area contributed by atoms with Gasteiger partial charge in [0.05, 0.1) is 12.5 Å². The smallest absolute Gasteiger partial charge is 0.193 e. The molecule has 1 aliphatic heterocycles. The number of hydrogen-bond donors (Lipinski definition) is 0. The zero-order valence-corrected chi connectivity index (χ0v) is 13.2. The third-order valence-electron chi connectivity index (χ3n) is 3.77. The number of nitrogens with zero attached hydrogens (tertiary/aromatic N) is 4. The minimum Gasteiger partial charge on any atom is -0.288 e. The van der Waals surface area contributed by atoms with Crippen LogP contribution in [0.2, 0.25) is 0 Å². The van der Waals surface area contributed by atoms with Gasteiger partial charge in [-0.15, -0.1) is 10.2 Å². The highest BCUT2D eigenvalue weighted by atomic mass is 32.2. The van der Waals surface area contributed by atoms with Crippen LogP contribution in [0.4, 0.5) is 4.39 Å². The molecule has 6 heteroatoms. The van der Waals surface area contributed by atoms with Gasteiger partial charge in [-0.1, -0.05) is 54.2 Å². The highest BCUT2D eigenvalue weighted by Gasteiger charge is 2.22. The van der Waals surface area contributed by atoms with Crippen LogP contribution in [0, 0.1) is 5.82 Å². The minimum atomic E-state index is -0.260. The topological polar surface area (TPSA) is 34.0 Å². The van der Waals surface area contributed by atoms with Crippen LogP contribution in [-0.2, 0) is 13.2 Å². The molecular formula is C17H15FN4S. The van der Waals surface area contributed by atoms with E-state index < -0.39 is 0 Å². The van der Waals surface area contributed by atoms with Gasteiger partial charge in [-0.25, -0.2) is 4.39 Å². The molecule has 0 aliphatic carbocycles. The standard InChI is InChI=1S/C17H15FN4S/c18-15-8-4-7-14(9-15)16-19-20-17-22(16)11-21(12-23-17)10-13-5-2-1-3-6-13/h1-9H,10-12H2. The van der Waals surface area contributed by atoms with Crippen LogP contribution >= 0.6 is 11.8 Å². The lowest BCUT2D eigenvalue weighted by molar-refractivity contribution is 0.231. The molecule has 1 aromatic heterocycles. The second kappa shape index (κ2) is 6.14. The van der Waals surface area contributed by atoms with Gasteiger partial charge in [0.2, 0.25) is 0 Å². The van der Waals surface area contributed by atoms with Crippen molar-refractivity contribution in [3.8, 4) is 11.4 Å². The van der Waals surface area contributed by atoms with Gasteiger partial charge < -0.3 is 0 Å². The third-order valence-corrected chi connectivity index (χ3v) is 4.82. The Labute approximate surface area is 138 Å². The second-order valence-corrected chi connectivity index (χ2v) is 6.39. The molecule has 0 saturated heterocycles. The lowest BCUT2D eigenvalue weighted by Crippen LogP contribution is -2.30. The van der Waals surface area contributed by atoms with E-state index >= 15 is 0 Å². The molecule has 0 bridgehead atoms. The molecule has 4 nitrogen and oxygen atoms in total. The average molecular weight is 326 g/mol. The summed E-state index contributed by atoms with van der Waals surface area (Å²) in [6.07, 6.45) is 0. The summed E-state index contributed by atoms with van der Waals surface area (Å²) in [4.78, 5) is 2.32. The molecule has 0 atom stereocenters. The molecule has 2 heterocycles. The first-order chi connectivity index (χ1) is 11.3. The molecular weight excluding hydrogens is 311 g/mol. The summed E-state index contributed by atoms with van der Waals surface area (Å²) in [6, 6.07) is 16.9. The largest absolute Gasteiger partial charge is 0.288 e. The summed E-state index contributed by atoms with van der Waals surface area (Å²) >= 11 is 1.66. The van der Waals surface area contributed by atoms with Gasteiger partial charge in [-0.05, 0) is 17.7 Å². The molecule has 23 heavy (non-hydrogen) atoms. The van der Waals surface area contributed by atoms with Gasteiger partial charge in [0.25, 0.3) is 0 Å². The van der Waals surface area contributed by atoms with Gasteiger partial charge in [0.1, 0.15) is 5.82 Å². The van der Waals surface area contributed by atoms with Gasteiger partial charge in [-0.3, -0.25) is 9.47 Å². The lowest BCUT2D eigenvalue weighted by atomic mass is 10.2. The number of thioether (sulfide) groups is 1. The molecule has 2 aromatic carbocycles. The Hall–Kier alpha value is -2.18. The van der Waals surface area contributed by atoms with E-state index in [0.717, 1.165) is 23.1 Å². The molecule has 0 fully saturated rings. The SMILES string of the molecule is Fc1cccc(-c2nnc3n2CN(Cc2ccccc2)CS3)c1. The Morgan fingerprint density at radius 2 is 1.91 bits per heavy atom. The normalized spacial score (nSPS) is 14.7. The van der Waals surface area contributed by atoms with Crippen LogP contribution in [0.15, 0.2) is 59.8 Å². The Balaban J connectivity index is 1.60. The van der Waals surface area contributed by atoms with Crippen molar-refractivity contribution < 1.29 is 4.39 Å². The highest BCUT2D eigenvalue weighted by molar-refractivity contribution is 7.99. The van der Waals surface area contributed by atoms with Crippen molar-refractivity contribution in [2.24, 2.45) is 0 Å². The first-order valence-corrected chi connectivity index (χ1v) is 8.36. The molecule has 0 N–H and O–H groups in total. The lowest BCUT2D eigenvalue weighted by Gasteiger charge is -2.27. The first-order valence-electron chi connectivity index (χ1n) is 7.38. The van der Waals surface area contributed by atoms with E-state index in [9.17, 15) is 4.39 Å². The van der Waals surface area contributed by atoms with Gasteiger partial charge >= 0.3 is 0 Å². The molecule has 1 aliphatic rings. The quantitative estimate of drug-likeness (QED) is 0.736. The summed E-state index contributed by atoms with van der Waals surface area (Å²) in [5.74, 6) is 1.32. The fourth-order valence-corrected chi connectivity index (χ4v) is 3.56. The van der Waals surface area contributed by atoms with Crippen molar-refractivity contribution in [2.75, 3.05) is 5.88 Å². The first kappa shape index (κ1) is 14.4. The Morgan fingerprint density at radius 3 is 2.74 bits per heavy atom. The molecule has 0 spiro atoms. The van der Waals surface area contributed by atoms with Crippen molar-refractivity contribution in [3.63, 3.8) is 0 Å². The van der Waals surface area contributed by atoms with E-state index in [-0.39, 0.29) is 5.82 Å². The molecule has 3 aromatic rings. The predicted octanol–water partition coefficient (Wildman–Crippen LogP) is 3.61. The monoisotopic (exact) mass is 326 g/mol. The fraction of sp³-hybridized carbons (Fsp3) is 0.176. The van der Waals surface area contributed by atoms with Crippen molar-refractivity contribution in [3.05, 3.63) is 66.0 Å². The summed E-state index contributed by atoms with van der Waals surface area (Å²) in [5, 5.41) is 9.36. The maximum Gasteiger partial charge on any atom is 0.193 e. The molecule has 4 rings (SSSR count). The third kappa shape index (κ3) is 3.00. The molecule has 0 unspecified atom stereocenters. The van der Waals surface area contributed by atoms with E-state index in [0.29, 0.717) is 12.5 Å². The maximum atomic E-state index is 13.5. The average Bonchev–Trinajstić information content (AvgIpc) is 2.99. The van der Waals surface area contributed by atoms with Gasteiger partial charge in [0.15, 0.2) is 11.0 Å². The van der Waals surface area contributed by atoms with Crippen LogP contribution in [0.3, 0.4) is 0 Å². The Morgan fingerprint density at radius 1 is 1.04 bits per heavy atom. The van der Waals surface area contributed by atoms with Crippen LogP contribution in [0.5, 0.6) is 0 Å². The van der Waals surface area contributed by atoms with Crippen molar-refractivity contribution >= 4 is 11.8 Å². The number of benzene rings is 2. The van der Waals surface area contributed by atoms with Crippen LogP contribution in [0.1, 0.15) is 5.56 Å².